The number of thioether (sulfide) groups is 1. The van der Waals surface area contributed by atoms with E-state index in [1.165, 1.54) is 4.88 Å². The third kappa shape index (κ3) is 6.72. The maximum atomic E-state index is 13.2. The average Bonchev–Trinajstić information content (AvgIpc) is 3.34. The molecule has 0 spiro atoms. The Kier molecular flexibility index (Phi) is 9.24. The Bertz CT molecular complexity index is 836. The molecule has 2 heterocycles. The Morgan fingerprint density at radius 3 is 2.61 bits per heavy atom. The van der Waals surface area contributed by atoms with Crippen molar-refractivity contribution in [3.05, 3.63) is 52.2 Å². The van der Waals surface area contributed by atoms with E-state index in [4.69, 9.17) is 4.74 Å². The molecular weight excluding hydrogens is 430 g/mol. The first-order valence-corrected chi connectivity index (χ1v) is 12.9. The van der Waals surface area contributed by atoms with Crippen molar-refractivity contribution in [1.82, 2.24) is 15.1 Å². The van der Waals surface area contributed by atoms with Crippen LogP contribution in [0.4, 0.5) is 0 Å². The van der Waals surface area contributed by atoms with Gasteiger partial charge in [-0.2, -0.15) is 11.8 Å². The third-order valence-electron chi connectivity index (χ3n) is 5.50. The van der Waals surface area contributed by atoms with Crippen molar-refractivity contribution in [3.8, 4) is 5.75 Å². The number of hydrogen-bond acceptors (Lipinski definition) is 6. The number of benzene rings is 1. The van der Waals surface area contributed by atoms with E-state index in [-0.39, 0.29) is 11.8 Å². The van der Waals surface area contributed by atoms with Gasteiger partial charge in [0.25, 0.3) is 5.91 Å². The molecule has 1 unspecified atom stereocenters. The monoisotopic (exact) mass is 461 g/mol. The minimum Gasteiger partial charge on any atom is -0.496 e. The van der Waals surface area contributed by atoms with Crippen LogP contribution in [0.2, 0.25) is 0 Å². The van der Waals surface area contributed by atoms with Gasteiger partial charge in [0.1, 0.15) is 11.8 Å². The SMILES string of the molecule is COc1ccccc1C(=O)NC(CCSC)C(=O)N1CCN(CCc2cccs2)CC1. The maximum absolute atomic E-state index is 13.2. The zero-order chi connectivity index (χ0) is 22.1. The standard InChI is InChI=1S/C23H31N3O3S2/c1-29-21-8-4-3-7-19(21)22(27)24-20(10-17-30-2)23(28)26-14-12-25(13-15-26)11-9-18-6-5-16-31-18/h3-8,16,20H,9-15,17H2,1-2H3,(H,24,27). The number of nitrogens with zero attached hydrogens (tertiary/aromatic N) is 2. The minimum atomic E-state index is -0.525. The molecule has 1 aromatic heterocycles. The van der Waals surface area contributed by atoms with Crippen LogP contribution in [0.5, 0.6) is 5.75 Å². The number of carbonyl (C=O) groups is 2. The second-order valence-corrected chi connectivity index (χ2v) is 9.52. The topological polar surface area (TPSA) is 61.9 Å². The van der Waals surface area contributed by atoms with Gasteiger partial charge < -0.3 is 15.0 Å². The maximum Gasteiger partial charge on any atom is 0.255 e. The molecule has 1 saturated heterocycles. The van der Waals surface area contributed by atoms with Crippen molar-refractivity contribution in [2.75, 3.05) is 51.8 Å². The molecule has 1 aliphatic heterocycles. The van der Waals surface area contributed by atoms with Gasteiger partial charge in [-0.25, -0.2) is 0 Å². The van der Waals surface area contributed by atoms with Crippen molar-refractivity contribution in [2.24, 2.45) is 0 Å². The summed E-state index contributed by atoms with van der Waals surface area (Å²) >= 11 is 3.47. The molecule has 1 atom stereocenters. The summed E-state index contributed by atoms with van der Waals surface area (Å²) in [5, 5.41) is 5.07. The lowest BCUT2D eigenvalue weighted by Crippen LogP contribution is -2.55. The number of carbonyl (C=O) groups excluding carboxylic acids is 2. The number of para-hydroxylation sites is 1. The number of thiophene rings is 1. The predicted molar refractivity (Wildman–Crippen MR) is 128 cm³/mol. The smallest absolute Gasteiger partial charge is 0.255 e. The number of rotatable bonds is 10. The summed E-state index contributed by atoms with van der Waals surface area (Å²) in [5.74, 6) is 1.06. The van der Waals surface area contributed by atoms with Gasteiger partial charge >= 0.3 is 0 Å². The number of nitrogens with one attached hydrogen (secondary N) is 1. The molecule has 2 aromatic rings. The highest BCUT2D eigenvalue weighted by atomic mass is 32.2. The quantitative estimate of drug-likeness (QED) is 0.589. The molecule has 3 rings (SSSR count). The van der Waals surface area contributed by atoms with Crippen molar-refractivity contribution >= 4 is 34.9 Å². The largest absolute Gasteiger partial charge is 0.496 e. The molecule has 0 bridgehead atoms. The first-order valence-electron chi connectivity index (χ1n) is 10.6. The van der Waals surface area contributed by atoms with E-state index in [0.29, 0.717) is 30.8 Å². The van der Waals surface area contributed by atoms with Gasteiger partial charge in [0.2, 0.25) is 5.91 Å². The van der Waals surface area contributed by atoms with Crippen LogP contribution in [0.3, 0.4) is 0 Å². The van der Waals surface area contributed by atoms with E-state index in [1.54, 1.807) is 48.4 Å². The predicted octanol–water partition coefficient (Wildman–Crippen LogP) is 3.00. The molecule has 0 saturated carbocycles. The Labute approximate surface area is 192 Å². The van der Waals surface area contributed by atoms with Crippen molar-refractivity contribution in [1.29, 1.82) is 0 Å². The van der Waals surface area contributed by atoms with Gasteiger partial charge in [0, 0.05) is 37.6 Å². The van der Waals surface area contributed by atoms with Crippen LogP contribution in [-0.4, -0.2) is 79.5 Å². The van der Waals surface area contributed by atoms with Crippen LogP contribution >= 0.6 is 23.1 Å². The van der Waals surface area contributed by atoms with Gasteiger partial charge in [0.05, 0.1) is 12.7 Å². The first kappa shape index (κ1) is 23.6. The highest BCUT2D eigenvalue weighted by molar-refractivity contribution is 7.98. The molecule has 8 heteroatoms. The lowest BCUT2D eigenvalue weighted by atomic mass is 10.1. The fraction of sp³-hybridized carbons (Fsp3) is 0.478. The summed E-state index contributed by atoms with van der Waals surface area (Å²) in [5.41, 5.74) is 0.449. The lowest BCUT2D eigenvalue weighted by molar-refractivity contribution is -0.135. The van der Waals surface area contributed by atoms with E-state index in [0.717, 1.165) is 31.8 Å². The van der Waals surface area contributed by atoms with Crippen molar-refractivity contribution in [2.45, 2.75) is 18.9 Å². The summed E-state index contributed by atoms with van der Waals surface area (Å²) in [6.45, 7) is 4.15. The highest BCUT2D eigenvalue weighted by Crippen LogP contribution is 2.18. The van der Waals surface area contributed by atoms with Gasteiger partial charge in [-0.1, -0.05) is 18.2 Å². The summed E-state index contributed by atoms with van der Waals surface area (Å²) in [6, 6.07) is 10.8. The number of hydrogen-bond donors (Lipinski definition) is 1. The fourth-order valence-corrected chi connectivity index (χ4v) is 4.87. The molecule has 31 heavy (non-hydrogen) atoms. The van der Waals surface area contributed by atoms with Crippen LogP contribution < -0.4 is 10.1 Å². The first-order chi connectivity index (χ1) is 15.1. The zero-order valence-electron chi connectivity index (χ0n) is 18.2. The summed E-state index contributed by atoms with van der Waals surface area (Å²) < 4.78 is 5.30. The number of amides is 2. The molecule has 0 radical (unpaired) electrons. The molecule has 0 aliphatic carbocycles. The number of methoxy groups -OCH3 is 1. The second kappa shape index (κ2) is 12.1. The molecule has 1 aromatic carbocycles. The molecular formula is C23H31N3O3S2. The number of piperazine rings is 1. The molecule has 168 valence electrons. The zero-order valence-corrected chi connectivity index (χ0v) is 19.8. The van der Waals surface area contributed by atoms with E-state index >= 15 is 0 Å². The molecule has 1 N–H and O–H groups in total. The van der Waals surface area contributed by atoms with Gasteiger partial charge in [-0.15, -0.1) is 11.3 Å². The molecule has 1 aliphatic rings. The van der Waals surface area contributed by atoms with Gasteiger partial charge in [-0.3, -0.25) is 14.5 Å². The minimum absolute atomic E-state index is 0.00945. The van der Waals surface area contributed by atoms with Gasteiger partial charge in [0.15, 0.2) is 0 Å². The van der Waals surface area contributed by atoms with E-state index in [2.05, 4.69) is 27.7 Å². The van der Waals surface area contributed by atoms with E-state index < -0.39 is 6.04 Å². The Balaban J connectivity index is 1.56. The molecule has 6 nitrogen and oxygen atoms in total. The lowest BCUT2D eigenvalue weighted by Gasteiger charge is -2.36. The van der Waals surface area contributed by atoms with Crippen molar-refractivity contribution < 1.29 is 14.3 Å². The Hall–Kier alpha value is -2.03. The summed E-state index contributed by atoms with van der Waals surface area (Å²) in [4.78, 5) is 31.8. The second-order valence-electron chi connectivity index (χ2n) is 7.50. The Morgan fingerprint density at radius 2 is 1.94 bits per heavy atom. The Morgan fingerprint density at radius 1 is 1.16 bits per heavy atom. The fourth-order valence-electron chi connectivity index (χ4n) is 3.70. The molecule has 2 amide bonds. The third-order valence-corrected chi connectivity index (χ3v) is 7.08. The van der Waals surface area contributed by atoms with Crippen LogP contribution in [-0.2, 0) is 11.2 Å². The summed E-state index contributed by atoms with van der Waals surface area (Å²) in [7, 11) is 1.54. The van der Waals surface area contributed by atoms with Crippen LogP contribution in [0.1, 0.15) is 21.7 Å². The van der Waals surface area contributed by atoms with Crippen LogP contribution in [0, 0.1) is 0 Å². The van der Waals surface area contributed by atoms with E-state index in [1.807, 2.05) is 17.2 Å². The van der Waals surface area contributed by atoms with Crippen LogP contribution in [0.25, 0.3) is 0 Å². The number of ether oxygens (including phenoxy) is 1. The van der Waals surface area contributed by atoms with E-state index in [9.17, 15) is 9.59 Å². The van der Waals surface area contributed by atoms with Crippen molar-refractivity contribution in [3.63, 3.8) is 0 Å². The normalized spacial score (nSPS) is 15.5. The van der Waals surface area contributed by atoms with Crippen LogP contribution in [0.15, 0.2) is 41.8 Å². The average molecular weight is 462 g/mol. The molecule has 1 fully saturated rings. The summed E-state index contributed by atoms with van der Waals surface area (Å²) in [6.07, 6.45) is 3.67. The highest BCUT2D eigenvalue weighted by Gasteiger charge is 2.29. The van der Waals surface area contributed by atoms with Gasteiger partial charge in [-0.05, 0) is 48.4 Å².